The minimum absolute atomic E-state index is 0.121. The van der Waals surface area contributed by atoms with Crippen molar-refractivity contribution in [2.45, 2.75) is 17.5 Å². The number of thioether (sulfide) groups is 1. The van der Waals surface area contributed by atoms with Gasteiger partial charge >= 0.3 is 11.9 Å². The minimum Gasteiger partial charge on any atom is -0.493 e. The molecule has 0 saturated carbocycles. The highest BCUT2D eigenvalue weighted by molar-refractivity contribution is 8.01. The van der Waals surface area contributed by atoms with Gasteiger partial charge in [-0.15, -0.1) is 11.8 Å². The van der Waals surface area contributed by atoms with Gasteiger partial charge in [-0.3, -0.25) is 10.1 Å². The topological polar surface area (TPSA) is 94.1 Å². The van der Waals surface area contributed by atoms with Gasteiger partial charge in [-0.2, -0.15) is 0 Å². The molecule has 23 heavy (non-hydrogen) atoms. The van der Waals surface area contributed by atoms with Gasteiger partial charge in [-0.25, -0.2) is 4.79 Å². The lowest BCUT2D eigenvalue weighted by atomic mass is 10.2. The summed E-state index contributed by atoms with van der Waals surface area (Å²) < 4.78 is 15.5. The third-order valence-electron chi connectivity index (χ3n) is 3.21. The lowest BCUT2D eigenvalue weighted by Crippen LogP contribution is -2.21. The summed E-state index contributed by atoms with van der Waals surface area (Å²) in [5, 5.41) is 11.6. The minimum atomic E-state index is -0.827. The molecular formula is C15H19NO6S. The number of aliphatic carboxylic acids is 1. The second-order valence-corrected chi connectivity index (χ2v) is 6.07. The SMILES string of the molecule is CCOC(=O)COc1ccc([C@@H]2NC[C@H](C(=O)O)S2)cc1OC. The van der Waals surface area contributed by atoms with E-state index in [1.807, 2.05) is 6.07 Å². The number of carbonyl (C=O) groups excluding carboxylic acids is 1. The van der Waals surface area contributed by atoms with Gasteiger partial charge in [0.1, 0.15) is 5.25 Å². The van der Waals surface area contributed by atoms with E-state index >= 15 is 0 Å². The highest BCUT2D eigenvalue weighted by Crippen LogP contribution is 2.38. The summed E-state index contributed by atoms with van der Waals surface area (Å²) in [6.07, 6.45) is 0. The van der Waals surface area contributed by atoms with Crippen molar-refractivity contribution in [2.24, 2.45) is 0 Å². The van der Waals surface area contributed by atoms with Crippen LogP contribution in [-0.4, -0.2) is 49.2 Å². The zero-order chi connectivity index (χ0) is 16.8. The molecule has 0 amide bonds. The molecule has 0 aliphatic carbocycles. The molecule has 0 unspecified atom stereocenters. The molecule has 2 atom stereocenters. The van der Waals surface area contributed by atoms with Crippen molar-refractivity contribution in [3.63, 3.8) is 0 Å². The molecule has 0 spiro atoms. The van der Waals surface area contributed by atoms with E-state index in [-0.39, 0.29) is 12.0 Å². The number of hydrogen-bond acceptors (Lipinski definition) is 7. The van der Waals surface area contributed by atoms with Gasteiger partial charge in [0.2, 0.25) is 0 Å². The van der Waals surface area contributed by atoms with Crippen molar-refractivity contribution in [1.82, 2.24) is 5.32 Å². The van der Waals surface area contributed by atoms with Gasteiger partial charge in [-0.05, 0) is 24.6 Å². The summed E-state index contributed by atoms with van der Waals surface area (Å²) >= 11 is 1.34. The summed E-state index contributed by atoms with van der Waals surface area (Å²) in [5.41, 5.74) is 0.888. The molecule has 1 heterocycles. The average Bonchev–Trinajstić information content (AvgIpc) is 3.03. The van der Waals surface area contributed by atoms with Crippen LogP contribution < -0.4 is 14.8 Å². The normalized spacial score (nSPS) is 20.1. The molecule has 7 nitrogen and oxygen atoms in total. The van der Waals surface area contributed by atoms with E-state index in [4.69, 9.17) is 19.3 Å². The first-order valence-electron chi connectivity index (χ1n) is 7.13. The fraction of sp³-hybridized carbons (Fsp3) is 0.467. The predicted molar refractivity (Wildman–Crippen MR) is 84.9 cm³/mol. The van der Waals surface area contributed by atoms with Crippen molar-refractivity contribution in [3.05, 3.63) is 23.8 Å². The fourth-order valence-electron chi connectivity index (χ4n) is 2.12. The molecule has 1 aliphatic heterocycles. The number of carbonyl (C=O) groups is 2. The van der Waals surface area contributed by atoms with Crippen molar-refractivity contribution in [1.29, 1.82) is 0 Å². The Bertz CT molecular complexity index is 579. The van der Waals surface area contributed by atoms with E-state index in [0.29, 0.717) is 24.7 Å². The molecule has 8 heteroatoms. The smallest absolute Gasteiger partial charge is 0.344 e. The van der Waals surface area contributed by atoms with Crippen LogP contribution in [0.3, 0.4) is 0 Å². The molecule has 0 bridgehead atoms. The Hall–Kier alpha value is -1.93. The summed E-state index contributed by atoms with van der Waals surface area (Å²) in [6.45, 7) is 2.24. The second kappa shape index (κ2) is 8.07. The Labute approximate surface area is 138 Å². The van der Waals surface area contributed by atoms with Crippen LogP contribution in [0.5, 0.6) is 11.5 Å². The Morgan fingerprint density at radius 3 is 2.78 bits per heavy atom. The summed E-state index contributed by atoms with van der Waals surface area (Å²) in [4.78, 5) is 22.3. The Morgan fingerprint density at radius 2 is 2.17 bits per heavy atom. The molecule has 0 radical (unpaired) electrons. The van der Waals surface area contributed by atoms with Crippen LogP contribution >= 0.6 is 11.8 Å². The quantitative estimate of drug-likeness (QED) is 0.719. The number of nitrogens with one attached hydrogen (secondary N) is 1. The van der Waals surface area contributed by atoms with Gasteiger partial charge in [0, 0.05) is 6.54 Å². The fourth-order valence-corrected chi connectivity index (χ4v) is 3.26. The highest BCUT2D eigenvalue weighted by atomic mass is 32.2. The molecule has 1 saturated heterocycles. The number of benzene rings is 1. The Morgan fingerprint density at radius 1 is 1.39 bits per heavy atom. The van der Waals surface area contributed by atoms with Crippen LogP contribution in [0.1, 0.15) is 17.9 Å². The maximum Gasteiger partial charge on any atom is 0.344 e. The molecule has 0 aromatic heterocycles. The van der Waals surface area contributed by atoms with Crippen LogP contribution in [0.4, 0.5) is 0 Å². The molecular weight excluding hydrogens is 322 g/mol. The number of hydrogen-bond donors (Lipinski definition) is 2. The number of carboxylic acids is 1. The lowest BCUT2D eigenvalue weighted by molar-refractivity contribution is -0.145. The van der Waals surface area contributed by atoms with Crippen LogP contribution in [0.2, 0.25) is 0 Å². The van der Waals surface area contributed by atoms with E-state index in [0.717, 1.165) is 5.56 Å². The first kappa shape index (κ1) is 17.4. The van der Waals surface area contributed by atoms with Crippen LogP contribution in [-0.2, 0) is 14.3 Å². The highest BCUT2D eigenvalue weighted by Gasteiger charge is 2.31. The largest absolute Gasteiger partial charge is 0.493 e. The summed E-state index contributed by atoms with van der Waals surface area (Å²) in [7, 11) is 1.51. The van der Waals surface area contributed by atoms with Gasteiger partial charge < -0.3 is 19.3 Å². The van der Waals surface area contributed by atoms with Crippen molar-refractivity contribution in [2.75, 3.05) is 26.9 Å². The maximum absolute atomic E-state index is 11.3. The van der Waals surface area contributed by atoms with E-state index in [1.165, 1.54) is 18.9 Å². The Kier molecular flexibility index (Phi) is 6.12. The average molecular weight is 341 g/mol. The monoisotopic (exact) mass is 341 g/mol. The molecule has 126 valence electrons. The van der Waals surface area contributed by atoms with E-state index in [1.54, 1.807) is 19.1 Å². The molecule has 2 N–H and O–H groups in total. The van der Waals surface area contributed by atoms with Gasteiger partial charge in [0.15, 0.2) is 18.1 Å². The maximum atomic E-state index is 11.3. The van der Waals surface area contributed by atoms with E-state index < -0.39 is 17.2 Å². The lowest BCUT2D eigenvalue weighted by Gasteiger charge is -2.15. The van der Waals surface area contributed by atoms with E-state index in [9.17, 15) is 9.59 Å². The predicted octanol–water partition coefficient (Wildman–Crippen LogP) is 1.43. The van der Waals surface area contributed by atoms with Crippen molar-refractivity contribution in [3.8, 4) is 11.5 Å². The van der Waals surface area contributed by atoms with E-state index in [2.05, 4.69) is 5.32 Å². The standard InChI is InChI=1S/C15H19NO6S/c1-3-21-13(17)8-22-10-5-4-9(6-11(10)20-2)14-16-7-12(23-14)15(18)19/h4-6,12,14,16H,3,7-8H2,1-2H3,(H,18,19)/t12-,14-/m1/s1. The van der Waals surface area contributed by atoms with Crippen molar-refractivity contribution < 1.29 is 28.9 Å². The van der Waals surface area contributed by atoms with Crippen LogP contribution in [0, 0.1) is 0 Å². The number of methoxy groups -OCH3 is 1. The molecule has 1 aromatic rings. The number of carboxylic acid groups (broad SMARTS) is 1. The molecule has 1 fully saturated rings. The first-order chi connectivity index (χ1) is 11.0. The van der Waals surface area contributed by atoms with Crippen LogP contribution in [0.25, 0.3) is 0 Å². The summed E-state index contributed by atoms with van der Waals surface area (Å²) in [6, 6.07) is 5.29. The van der Waals surface area contributed by atoms with Crippen molar-refractivity contribution >= 4 is 23.7 Å². The van der Waals surface area contributed by atoms with Gasteiger partial charge in [0.05, 0.1) is 19.1 Å². The molecule has 2 rings (SSSR count). The molecule has 1 aliphatic rings. The number of ether oxygens (including phenoxy) is 3. The summed E-state index contributed by atoms with van der Waals surface area (Å²) in [5.74, 6) is -0.364. The Balaban J connectivity index is 2.04. The second-order valence-electron chi connectivity index (χ2n) is 4.76. The number of rotatable bonds is 7. The van der Waals surface area contributed by atoms with Gasteiger partial charge in [-0.1, -0.05) is 6.07 Å². The third kappa shape index (κ3) is 4.52. The zero-order valence-corrected chi connectivity index (χ0v) is 13.7. The van der Waals surface area contributed by atoms with Gasteiger partial charge in [0.25, 0.3) is 0 Å². The third-order valence-corrected chi connectivity index (χ3v) is 4.61. The van der Waals surface area contributed by atoms with Crippen LogP contribution in [0.15, 0.2) is 18.2 Å². The first-order valence-corrected chi connectivity index (χ1v) is 8.07. The number of esters is 1. The zero-order valence-electron chi connectivity index (χ0n) is 12.9. The molecule has 1 aromatic carbocycles.